The lowest BCUT2D eigenvalue weighted by molar-refractivity contribution is 0.364. The molecule has 1 aliphatic rings. The van der Waals surface area contributed by atoms with Gasteiger partial charge >= 0.3 is 7.60 Å². The first kappa shape index (κ1) is 7.00. The molecule has 0 saturated carbocycles. The highest BCUT2D eigenvalue weighted by atomic mass is 31.2. The van der Waals surface area contributed by atoms with Gasteiger partial charge in [-0.15, -0.1) is 0 Å². The first-order chi connectivity index (χ1) is 4.27. The van der Waals surface area contributed by atoms with E-state index in [4.69, 9.17) is 9.05 Å². The zero-order valence-corrected chi connectivity index (χ0v) is 6.14. The molecule has 0 aromatic carbocycles. The molecule has 0 N–H and O–H groups in total. The van der Waals surface area contributed by atoms with Crippen LogP contribution in [0.15, 0.2) is 11.9 Å². The molecule has 0 aromatic heterocycles. The Morgan fingerprint density at radius 3 is 2.44 bits per heavy atom. The molecule has 1 heterocycles. The monoisotopic (exact) mass is 148 g/mol. The maximum absolute atomic E-state index is 11.1. The summed E-state index contributed by atoms with van der Waals surface area (Å²) < 4.78 is 20.7. The molecule has 0 radical (unpaired) electrons. The molecule has 1 rings (SSSR count). The van der Waals surface area contributed by atoms with Gasteiger partial charge in [0.15, 0.2) is 0 Å². The summed E-state index contributed by atoms with van der Waals surface area (Å²) in [7, 11) is -2.75. The third-order valence-corrected chi connectivity index (χ3v) is 2.71. The fourth-order valence-corrected chi connectivity index (χ4v) is 1.90. The van der Waals surface area contributed by atoms with Gasteiger partial charge in [-0.3, -0.25) is 4.57 Å². The van der Waals surface area contributed by atoms with Crippen molar-refractivity contribution in [3.63, 3.8) is 0 Å². The van der Waals surface area contributed by atoms with E-state index in [1.807, 2.05) is 0 Å². The van der Waals surface area contributed by atoms with Gasteiger partial charge in [0.2, 0.25) is 0 Å². The summed E-state index contributed by atoms with van der Waals surface area (Å²) in [6.45, 7) is 2.67. The lowest BCUT2D eigenvalue weighted by Crippen LogP contribution is -1.79. The maximum atomic E-state index is 11.1. The molecule has 1 fully saturated rings. The summed E-state index contributed by atoms with van der Waals surface area (Å²) in [4.78, 5) is 0. The third kappa shape index (κ3) is 1.65. The highest BCUT2D eigenvalue weighted by Crippen LogP contribution is 2.52. The molecule has 1 saturated heterocycles. The average Bonchev–Trinajstić information content (AvgIpc) is 2.16. The minimum atomic E-state index is -2.75. The SMILES string of the molecule is C/C=C\P1(=O)OCCO1. The van der Waals surface area contributed by atoms with Crippen LogP contribution in [-0.2, 0) is 13.6 Å². The summed E-state index contributed by atoms with van der Waals surface area (Å²) in [6.07, 6.45) is 1.67. The normalized spacial score (nSPS) is 25.4. The summed E-state index contributed by atoms with van der Waals surface area (Å²) in [6, 6.07) is 0. The van der Waals surface area contributed by atoms with Gasteiger partial charge in [0.1, 0.15) is 0 Å². The molecule has 4 heteroatoms. The van der Waals surface area contributed by atoms with Crippen LogP contribution in [0.2, 0.25) is 0 Å². The standard InChI is InChI=1S/C5H9O3P/c1-2-5-9(6)7-3-4-8-9/h2,5H,3-4H2,1H3/b5-2-. The molecular weight excluding hydrogens is 139 g/mol. The van der Waals surface area contributed by atoms with Gasteiger partial charge in [0, 0.05) is 5.82 Å². The molecule has 9 heavy (non-hydrogen) atoms. The topological polar surface area (TPSA) is 35.5 Å². The van der Waals surface area contributed by atoms with Crippen LogP contribution < -0.4 is 0 Å². The Morgan fingerprint density at radius 2 is 2.00 bits per heavy atom. The van der Waals surface area contributed by atoms with Crippen molar-refractivity contribution in [1.29, 1.82) is 0 Å². The third-order valence-electron chi connectivity index (χ3n) is 0.957. The number of rotatable bonds is 1. The number of hydrogen-bond donors (Lipinski definition) is 0. The van der Waals surface area contributed by atoms with Gasteiger partial charge in [-0.05, 0) is 6.92 Å². The molecule has 0 aromatic rings. The quantitative estimate of drug-likeness (QED) is 0.531. The van der Waals surface area contributed by atoms with Crippen LogP contribution in [-0.4, -0.2) is 13.2 Å². The zero-order valence-electron chi connectivity index (χ0n) is 5.24. The van der Waals surface area contributed by atoms with E-state index in [2.05, 4.69) is 0 Å². The van der Waals surface area contributed by atoms with E-state index >= 15 is 0 Å². The minimum Gasteiger partial charge on any atom is -0.303 e. The van der Waals surface area contributed by atoms with Gasteiger partial charge in [0.25, 0.3) is 0 Å². The van der Waals surface area contributed by atoms with Crippen molar-refractivity contribution in [2.75, 3.05) is 13.2 Å². The molecule has 0 atom stereocenters. The molecule has 0 aliphatic carbocycles. The lowest BCUT2D eigenvalue weighted by Gasteiger charge is -2.00. The van der Waals surface area contributed by atoms with Crippen molar-refractivity contribution in [3.8, 4) is 0 Å². The van der Waals surface area contributed by atoms with Gasteiger partial charge in [0.05, 0.1) is 13.2 Å². The van der Waals surface area contributed by atoms with E-state index in [-0.39, 0.29) is 0 Å². The molecule has 3 nitrogen and oxygen atoms in total. The number of allylic oxidation sites excluding steroid dienone is 1. The van der Waals surface area contributed by atoms with E-state index in [1.54, 1.807) is 13.0 Å². The van der Waals surface area contributed by atoms with Crippen LogP contribution in [0.1, 0.15) is 6.92 Å². The Balaban J connectivity index is 2.62. The van der Waals surface area contributed by atoms with Crippen molar-refractivity contribution in [3.05, 3.63) is 11.9 Å². The van der Waals surface area contributed by atoms with Crippen LogP contribution in [0.25, 0.3) is 0 Å². The Morgan fingerprint density at radius 1 is 1.44 bits per heavy atom. The minimum absolute atomic E-state index is 0.446. The molecule has 52 valence electrons. The van der Waals surface area contributed by atoms with Gasteiger partial charge < -0.3 is 9.05 Å². The van der Waals surface area contributed by atoms with E-state index in [9.17, 15) is 4.57 Å². The molecule has 1 aliphatic heterocycles. The van der Waals surface area contributed by atoms with Crippen molar-refractivity contribution in [2.45, 2.75) is 6.92 Å². The van der Waals surface area contributed by atoms with Crippen LogP contribution in [0.4, 0.5) is 0 Å². The Kier molecular flexibility index (Phi) is 2.06. The highest BCUT2D eigenvalue weighted by Gasteiger charge is 2.25. The summed E-state index contributed by atoms with van der Waals surface area (Å²) >= 11 is 0. The summed E-state index contributed by atoms with van der Waals surface area (Å²) in [5, 5.41) is 0. The Bertz CT molecular complexity index is 154. The second-order valence-corrected chi connectivity index (χ2v) is 3.58. The first-order valence-electron chi connectivity index (χ1n) is 2.79. The Labute approximate surface area is 54.2 Å². The van der Waals surface area contributed by atoms with Crippen molar-refractivity contribution >= 4 is 7.60 Å². The fraction of sp³-hybridized carbons (Fsp3) is 0.600. The van der Waals surface area contributed by atoms with Crippen molar-refractivity contribution in [1.82, 2.24) is 0 Å². The molecule has 0 amide bonds. The van der Waals surface area contributed by atoms with Gasteiger partial charge in [-0.25, -0.2) is 0 Å². The molecule has 0 unspecified atom stereocenters. The molecule has 0 bridgehead atoms. The van der Waals surface area contributed by atoms with E-state index in [0.29, 0.717) is 13.2 Å². The lowest BCUT2D eigenvalue weighted by atomic mass is 10.8. The summed E-state index contributed by atoms with van der Waals surface area (Å²) in [5.41, 5.74) is 0. The van der Waals surface area contributed by atoms with E-state index < -0.39 is 7.60 Å². The fourth-order valence-electron chi connectivity index (χ4n) is 0.635. The predicted octanol–water partition coefficient (Wildman–Crippen LogP) is 1.76. The zero-order chi connectivity index (χ0) is 6.74. The summed E-state index contributed by atoms with van der Waals surface area (Å²) in [5.74, 6) is 1.47. The van der Waals surface area contributed by atoms with Crippen LogP contribution in [0, 0.1) is 0 Å². The number of hydrogen-bond acceptors (Lipinski definition) is 3. The van der Waals surface area contributed by atoms with Crippen molar-refractivity contribution in [2.24, 2.45) is 0 Å². The van der Waals surface area contributed by atoms with Gasteiger partial charge in [-0.2, -0.15) is 0 Å². The van der Waals surface area contributed by atoms with Crippen LogP contribution in [0.5, 0.6) is 0 Å². The molecule has 0 spiro atoms. The smallest absolute Gasteiger partial charge is 0.303 e. The van der Waals surface area contributed by atoms with E-state index in [1.165, 1.54) is 5.82 Å². The average molecular weight is 148 g/mol. The van der Waals surface area contributed by atoms with Gasteiger partial charge in [-0.1, -0.05) is 6.08 Å². The first-order valence-corrected chi connectivity index (χ1v) is 4.41. The second kappa shape index (κ2) is 2.65. The maximum Gasteiger partial charge on any atom is 0.354 e. The second-order valence-electron chi connectivity index (χ2n) is 1.69. The van der Waals surface area contributed by atoms with E-state index in [0.717, 1.165) is 0 Å². The largest absolute Gasteiger partial charge is 0.354 e. The van der Waals surface area contributed by atoms with Crippen LogP contribution >= 0.6 is 7.60 Å². The Hall–Kier alpha value is -0.110. The molecular formula is C5H9O3P. The highest BCUT2D eigenvalue weighted by molar-refractivity contribution is 7.57. The van der Waals surface area contributed by atoms with Crippen LogP contribution in [0.3, 0.4) is 0 Å². The predicted molar refractivity (Wildman–Crippen MR) is 34.3 cm³/mol. The van der Waals surface area contributed by atoms with Crippen molar-refractivity contribution < 1.29 is 13.6 Å².